The van der Waals surface area contributed by atoms with Crippen LogP contribution in [0.3, 0.4) is 0 Å². The van der Waals surface area contributed by atoms with Crippen molar-refractivity contribution in [2.75, 3.05) is 46.6 Å². The van der Waals surface area contributed by atoms with Crippen LogP contribution in [0.2, 0.25) is 0 Å². The van der Waals surface area contributed by atoms with Gasteiger partial charge in [-0.15, -0.1) is 11.8 Å². The molecule has 0 bridgehead atoms. The third kappa shape index (κ3) is 6.28. The monoisotopic (exact) mass is 268 g/mol. The molecular formula is C14H24N2OS. The summed E-state index contributed by atoms with van der Waals surface area (Å²) in [4.78, 5) is 3.40. The average molecular weight is 268 g/mol. The molecule has 0 heterocycles. The Bertz CT molecular complexity index is 331. The van der Waals surface area contributed by atoms with Crippen molar-refractivity contribution in [3.8, 4) is 5.75 Å². The normalized spacial score (nSPS) is 10.9. The quantitative estimate of drug-likeness (QED) is 0.549. The first-order valence-corrected chi connectivity index (χ1v) is 7.58. The van der Waals surface area contributed by atoms with Crippen LogP contribution in [0.15, 0.2) is 29.2 Å². The molecule has 18 heavy (non-hydrogen) atoms. The lowest BCUT2D eigenvalue weighted by Crippen LogP contribution is -2.25. The number of nitrogens with one attached hydrogen (secondary N) is 1. The molecule has 0 fully saturated rings. The summed E-state index contributed by atoms with van der Waals surface area (Å²) in [5.41, 5.74) is 0. The van der Waals surface area contributed by atoms with Gasteiger partial charge in [0.2, 0.25) is 0 Å². The highest BCUT2D eigenvalue weighted by molar-refractivity contribution is 7.98. The molecule has 0 aliphatic heterocycles. The van der Waals surface area contributed by atoms with Gasteiger partial charge < -0.3 is 15.0 Å². The van der Waals surface area contributed by atoms with E-state index in [1.807, 2.05) is 18.2 Å². The van der Waals surface area contributed by atoms with E-state index in [9.17, 15) is 0 Å². The molecule has 0 atom stereocenters. The Balaban J connectivity index is 2.10. The molecule has 0 aliphatic carbocycles. The summed E-state index contributed by atoms with van der Waals surface area (Å²) >= 11 is 1.72. The van der Waals surface area contributed by atoms with Crippen molar-refractivity contribution in [3.05, 3.63) is 24.3 Å². The molecule has 0 unspecified atom stereocenters. The second-order valence-corrected chi connectivity index (χ2v) is 5.25. The van der Waals surface area contributed by atoms with Crippen LogP contribution in [-0.4, -0.2) is 51.5 Å². The lowest BCUT2D eigenvalue weighted by Gasteiger charge is -2.11. The van der Waals surface area contributed by atoms with E-state index in [1.54, 1.807) is 11.8 Å². The highest BCUT2D eigenvalue weighted by Crippen LogP contribution is 2.26. The zero-order chi connectivity index (χ0) is 13.2. The first kappa shape index (κ1) is 15.3. The van der Waals surface area contributed by atoms with Gasteiger partial charge in [-0.05, 0) is 52.0 Å². The van der Waals surface area contributed by atoms with Gasteiger partial charge >= 0.3 is 0 Å². The molecule has 0 saturated heterocycles. The number of ether oxygens (including phenoxy) is 1. The van der Waals surface area contributed by atoms with E-state index in [-0.39, 0.29) is 0 Å². The highest BCUT2D eigenvalue weighted by atomic mass is 32.2. The zero-order valence-electron chi connectivity index (χ0n) is 11.6. The Morgan fingerprint density at radius 3 is 2.72 bits per heavy atom. The molecule has 1 rings (SSSR count). The Morgan fingerprint density at radius 2 is 2.00 bits per heavy atom. The van der Waals surface area contributed by atoms with Gasteiger partial charge in [0.25, 0.3) is 0 Å². The van der Waals surface area contributed by atoms with Crippen LogP contribution in [0.25, 0.3) is 0 Å². The minimum atomic E-state index is 0.722. The van der Waals surface area contributed by atoms with Crippen LogP contribution >= 0.6 is 11.8 Å². The molecule has 1 aromatic rings. The number of para-hydroxylation sites is 1. The van der Waals surface area contributed by atoms with Gasteiger partial charge in [0, 0.05) is 11.4 Å². The number of thioether (sulfide) groups is 1. The molecule has 0 radical (unpaired) electrons. The van der Waals surface area contributed by atoms with Crippen molar-refractivity contribution in [3.63, 3.8) is 0 Å². The number of benzene rings is 1. The van der Waals surface area contributed by atoms with E-state index >= 15 is 0 Å². The molecule has 102 valence electrons. The van der Waals surface area contributed by atoms with Crippen molar-refractivity contribution in [2.24, 2.45) is 0 Å². The largest absolute Gasteiger partial charge is 0.491 e. The predicted molar refractivity (Wildman–Crippen MR) is 79.8 cm³/mol. The third-order valence-corrected chi connectivity index (χ3v) is 3.34. The van der Waals surface area contributed by atoms with E-state index < -0.39 is 0 Å². The first-order valence-electron chi connectivity index (χ1n) is 6.35. The molecule has 1 aromatic carbocycles. The summed E-state index contributed by atoms with van der Waals surface area (Å²) in [7, 11) is 4.20. The minimum Gasteiger partial charge on any atom is -0.491 e. The van der Waals surface area contributed by atoms with Crippen LogP contribution < -0.4 is 10.1 Å². The van der Waals surface area contributed by atoms with Gasteiger partial charge in [-0.2, -0.15) is 0 Å². The van der Waals surface area contributed by atoms with Gasteiger partial charge in [0.1, 0.15) is 12.4 Å². The zero-order valence-corrected chi connectivity index (χ0v) is 12.4. The van der Waals surface area contributed by atoms with E-state index in [0.29, 0.717) is 0 Å². The smallest absolute Gasteiger partial charge is 0.132 e. The minimum absolute atomic E-state index is 0.722. The van der Waals surface area contributed by atoms with Gasteiger partial charge in [-0.25, -0.2) is 0 Å². The lowest BCUT2D eigenvalue weighted by molar-refractivity contribution is 0.305. The summed E-state index contributed by atoms with van der Waals surface area (Å²) in [5.74, 6) is 0.986. The Morgan fingerprint density at radius 1 is 1.22 bits per heavy atom. The third-order valence-electron chi connectivity index (χ3n) is 2.56. The molecule has 0 aromatic heterocycles. The summed E-state index contributed by atoms with van der Waals surface area (Å²) in [6.07, 6.45) is 3.25. The molecule has 0 spiro atoms. The SMILES string of the molecule is CSc1ccccc1OCCNCCCN(C)C. The van der Waals surface area contributed by atoms with Gasteiger partial charge in [0.05, 0.1) is 0 Å². The summed E-state index contributed by atoms with van der Waals surface area (Å²) in [6.45, 7) is 3.80. The van der Waals surface area contributed by atoms with Crippen LogP contribution in [0, 0.1) is 0 Å². The number of hydrogen-bond acceptors (Lipinski definition) is 4. The molecule has 1 N–H and O–H groups in total. The highest BCUT2D eigenvalue weighted by Gasteiger charge is 2.00. The average Bonchev–Trinajstić information content (AvgIpc) is 2.37. The van der Waals surface area contributed by atoms with Crippen LogP contribution in [0.5, 0.6) is 5.75 Å². The van der Waals surface area contributed by atoms with Gasteiger partial charge in [-0.3, -0.25) is 0 Å². The number of nitrogens with zero attached hydrogens (tertiary/aromatic N) is 1. The van der Waals surface area contributed by atoms with Crippen molar-refractivity contribution in [1.29, 1.82) is 0 Å². The maximum Gasteiger partial charge on any atom is 0.132 e. The fraction of sp³-hybridized carbons (Fsp3) is 0.571. The Labute approximate surface area is 115 Å². The van der Waals surface area contributed by atoms with Crippen LogP contribution in [0.1, 0.15) is 6.42 Å². The van der Waals surface area contributed by atoms with Gasteiger partial charge in [0.15, 0.2) is 0 Å². The first-order chi connectivity index (χ1) is 8.74. The molecule has 0 saturated carbocycles. The fourth-order valence-corrected chi connectivity index (χ4v) is 2.16. The van der Waals surface area contributed by atoms with E-state index in [1.165, 1.54) is 11.3 Å². The van der Waals surface area contributed by atoms with Crippen molar-refractivity contribution >= 4 is 11.8 Å². The second kappa shape index (κ2) is 9.25. The molecule has 4 heteroatoms. The molecule has 3 nitrogen and oxygen atoms in total. The molecular weight excluding hydrogens is 244 g/mol. The Hall–Kier alpha value is -0.710. The topological polar surface area (TPSA) is 24.5 Å². The van der Waals surface area contributed by atoms with E-state index in [2.05, 4.69) is 36.6 Å². The maximum absolute atomic E-state index is 5.76. The fourth-order valence-electron chi connectivity index (χ4n) is 1.62. The second-order valence-electron chi connectivity index (χ2n) is 4.41. The van der Waals surface area contributed by atoms with E-state index in [4.69, 9.17) is 4.74 Å². The van der Waals surface area contributed by atoms with Crippen molar-refractivity contribution in [2.45, 2.75) is 11.3 Å². The summed E-state index contributed by atoms with van der Waals surface area (Å²) < 4.78 is 5.76. The number of rotatable bonds is 9. The lowest BCUT2D eigenvalue weighted by atomic mass is 10.3. The summed E-state index contributed by atoms with van der Waals surface area (Å²) in [6, 6.07) is 8.17. The predicted octanol–water partition coefficient (Wildman–Crippen LogP) is 2.33. The molecule has 0 aliphatic rings. The van der Waals surface area contributed by atoms with Crippen molar-refractivity contribution in [1.82, 2.24) is 10.2 Å². The maximum atomic E-state index is 5.76. The number of hydrogen-bond donors (Lipinski definition) is 1. The van der Waals surface area contributed by atoms with Crippen molar-refractivity contribution < 1.29 is 4.74 Å². The summed E-state index contributed by atoms with van der Waals surface area (Å²) in [5, 5.41) is 3.39. The van der Waals surface area contributed by atoms with Crippen LogP contribution in [-0.2, 0) is 0 Å². The van der Waals surface area contributed by atoms with E-state index in [0.717, 1.165) is 32.0 Å². The van der Waals surface area contributed by atoms with Gasteiger partial charge in [-0.1, -0.05) is 12.1 Å². The van der Waals surface area contributed by atoms with Crippen LogP contribution in [0.4, 0.5) is 0 Å². The standard InChI is InChI=1S/C14H24N2OS/c1-16(2)11-6-9-15-10-12-17-13-7-4-5-8-14(13)18-3/h4-5,7-8,15H,6,9-12H2,1-3H3. The molecule has 0 amide bonds. The Kier molecular flexibility index (Phi) is 7.89.